The highest BCUT2D eigenvalue weighted by Gasteiger charge is 2.32. The number of benzene rings is 4. The number of aliphatic hydroxyl groups is 2. The highest BCUT2D eigenvalue weighted by molar-refractivity contribution is 5.92. The Hall–Kier alpha value is -7.16. The van der Waals surface area contributed by atoms with E-state index in [0.29, 0.717) is 79.9 Å². The normalized spacial score (nSPS) is 13.1. The molecule has 5 heterocycles. The summed E-state index contributed by atoms with van der Waals surface area (Å²) < 4.78 is 69.6. The molecule has 10 nitrogen and oxygen atoms in total. The largest absolute Gasteiger partial charge is 0.508 e. The van der Waals surface area contributed by atoms with Crippen molar-refractivity contribution in [3.05, 3.63) is 143 Å². The molecule has 0 fully saturated rings. The second-order valence-corrected chi connectivity index (χ2v) is 14.8. The van der Waals surface area contributed by atoms with Gasteiger partial charge in [0.25, 0.3) is 0 Å². The number of ether oxygens (including phenoxy) is 1. The van der Waals surface area contributed by atoms with Crippen molar-refractivity contribution in [1.29, 1.82) is 0 Å². The van der Waals surface area contributed by atoms with Crippen LogP contribution in [0.1, 0.15) is 22.8 Å². The van der Waals surface area contributed by atoms with Crippen LogP contribution < -0.4 is 4.74 Å². The third kappa shape index (κ3) is 7.19. The molecule has 14 heteroatoms. The first-order chi connectivity index (χ1) is 29.5. The second kappa shape index (κ2) is 15.8. The molecule has 1 unspecified atom stereocenters. The number of aromatic hydroxyl groups is 3. The third-order valence-electron chi connectivity index (χ3n) is 10.8. The number of phenolic OH excluding ortho intramolecular Hbond substituents is 3. The van der Waals surface area contributed by atoms with E-state index in [1.165, 1.54) is 18.2 Å². The minimum Gasteiger partial charge on any atom is -0.508 e. The first-order valence-electron chi connectivity index (χ1n) is 19.4. The van der Waals surface area contributed by atoms with Gasteiger partial charge in [-0.3, -0.25) is 9.97 Å². The summed E-state index contributed by atoms with van der Waals surface area (Å²) >= 11 is 0. The number of nitrogens with zero attached hydrogens (tertiary/aromatic N) is 2. The summed E-state index contributed by atoms with van der Waals surface area (Å²) in [4.78, 5) is 16.9. The fourth-order valence-corrected chi connectivity index (χ4v) is 8.16. The quantitative estimate of drug-likeness (QED) is 0.0589. The molecule has 2 aliphatic heterocycles. The number of phenols is 3. The van der Waals surface area contributed by atoms with Gasteiger partial charge in [0, 0.05) is 44.3 Å². The van der Waals surface area contributed by atoms with Gasteiger partial charge in [-0.05, 0) is 103 Å². The van der Waals surface area contributed by atoms with Crippen molar-refractivity contribution in [2.75, 3.05) is 13.2 Å². The molecule has 4 aromatic carbocycles. The number of aliphatic hydroxyl groups excluding tert-OH is 2. The summed E-state index contributed by atoms with van der Waals surface area (Å²) in [5.74, 6) is -8.67. The van der Waals surface area contributed by atoms with Gasteiger partial charge in [-0.2, -0.15) is 8.78 Å². The van der Waals surface area contributed by atoms with Crippen LogP contribution in [0.25, 0.3) is 66.6 Å². The molecule has 0 spiro atoms. The molecular formula is C47H36F4N4O6. The molecule has 0 saturated carbocycles. The average molecular weight is 829 g/mol. The van der Waals surface area contributed by atoms with Gasteiger partial charge < -0.3 is 40.2 Å². The lowest BCUT2D eigenvalue weighted by molar-refractivity contribution is 0.0504. The summed E-state index contributed by atoms with van der Waals surface area (Å²) in [6.07, 6.45) is -0.446. The zero-order valence-corrected chi connectivity index (χ0v) is 32.1. The van der Waals surface area contributed by atoms with E-state index in [-0.39, 0.29) is 46.9 Å². The molecule has 3 aromatic heterocycles. The summed E-state index contributed by atoms with van der Waals surface area (Å²) in [7, 11) is 0. The van der Waals surface area contributed by atoms with E-state index in [1.54, 1.807) is 60.7 Å². The van der Waals surface area contributed by atoms with E-state index in [1.807, 2.05) is 18.2 Å². The molecule has 7 aromatic rings. The van der Waals surface area contributed by atoms with Crippen LogP contribution in [-0.4, -0.2) is 64.8 Å². The molecule has 8 bridgehead atoms. The fraction of sp³-hybridized carbons (Fsp3) is 0.149. The topological polar surface area (TPSA) is 168 Å². The maximum atomic E-state index is 16.5. The van der Waals surface area contributed by atoms with Gasteiger partial charge in [0.2, 0.25) is 11.6 Å². The van der Waals surface area contributed by atoms with E-state index in [9.17, 15) is 25.5 Å². The van der Waals surface area contributed by atoms with Crippen molar-refractivity contribution in [2.45, 2.75) is 31.8 Å². The van der Waals surface area contributed by atoms with Crippen molar-refractivity contribution in [3.63, 3.8) is 0 Å². The Morgan fingerprint density at radius 1 is 0.508 bits per heavy atom. The van der Waals surface area contributed by atoms with E-state index in [2.05, 4.69) is 9.97 Å². The van der Waals surface area contributed by atoms with Crippen LogP contribution in [-0.2, 0) is 25.7 Å². The highest BCUT2D eigenvalue weighted by Crippen LogP contribution is 2.42. The van der Waals surface area contributed by atoms with E-state index in [0.717, 1.165) is 0 Å². The second-order valence-electron chi connectivity index (χ2n) is 14.8. The Labute approximate surface area is 344 Å². The minimum atomic E-state index is -1.85. The Morgan fingerprint density at radius 2 is 0.869 bits per heavy atom. The van der Waals surface area contributed by atoms with E-state index in [4.69, 9.17) is 14.7 Å². The molecular weight excluding hydrogens is 793 g/mol. The van der Waals surface area contributed by atoms with Gasteiger partial charge in [-0.1, -0.05) is 36.4 Å². The van der Waals surface area contributed by atoms with Crippen LogP contribution in [0.3, 0.4) is 0 Å². The Balaban J connectivity index is 1.45. The summed E-state index contributed by atoms with van der Waals surface area (Å²) in [6.45, 7) is -1.67. The van der Waals surface area contributed by atoms with E-state index >= 15 is 17.6 Å². The maximum absolute atomic E-state index is 16.5. The zero-order valence-electron chi connectivity index (χ0n) is 32.1. The van der Waals surface area contributed by atoms with Crippen LogP contribution in [0.5, 0.6) is 23.0 Å². The predicted molar refractivity (Wildman–Crippen MR) is 221 cm³/mol. The van der Waals surface area contributed by atoms with Gasteiger partial charge in [0.05, 0.1) is 34.9 Å². The number of fused-ring (bicyclic) bond motifs is 8. The first-order valence-corrected chi connectivity index (χ1v) is 19.4. The molecule has 61 heavy (non-hydrogen) atoms. The molecule has 308 valence electrons. The fourth-order valence-electron chi connectivity index (χ4n) is 8.16. The maximum Gasteiger partial charge on any atom is 0.204 e. The number of hydrogen-bond acceptors (Lipinski definition) is 8. The number of aryl methyl sites for hydroxylation is 4. The van der Waals surface area contributed by atoms with Crippen molar-refractivity contribution in [2.24, 2.45) is 0 Å². The number of nitrogens with one attached hydrogen (secondary N) is 2. The summed E-state index contributed by atoms with van der Waals surface area (Å²) in [5.41, 5.74) is 5.69. The number of H-pyrrole nitrogens is 2. The Kier molecular flexibility index (Phi) is 10.2. The van der Waals surface area contributed by atoms with Gasteiger partial charge in [-0.25, -0.2) is 8.78 Å². The monoisotopic (exact) mass is 828 g/mol. The smallest absolute Gasteiger partial charge is 0.204 e. The molecule has 0 amide bonds. The molecule has 0 radical (unpaired) electrons. The zero-order chi connectivity index (χ0) is 42.5. The first kappa shape index (κ1) is 39.3. The SMILES string of the molecule is OCC(O)COc1c(F)c(F)c(-c2c3nc(c(-c4cccc(O)c4)c4ccc([nH]4)c(-c4cccc(O)c4)c4nc(c(-c5cccc(O)c5)c5ccc2[nH]5)CC4)CC3)c(F)c1F. The number of halogens is 4. The third-order valence-corrected chi connectivity index (χ3v) is 10.8. The lowest BCUT2D eigenvalue weighted by Crippen LogP contribution is -2.22. The van der Waals surface area contributed by atoms with Gasteiger partial charge in [0.1, 0.15) is 30.0 Å². The Bertz CT molecular complexity index is 2980. The average Bonchev–Trinajstić information content (AvgIpc) is 4.09. The van der Waals surface area contributed by atoms with E-state index < -0.39 is 53.9 Å². The van der Waals surface area contributed by atoms with Crippen LogP contribution >= 0.6 is 0 Å². The summed E-state index contributed by atoms with van der Waals surface area (Å²) in [6, 6.07) is 26.7. The number of hydrogen-bond donors (Lipinski definition) is 7. The molecule has 0 aliphatic carbocycles. The molecule has 0 saturated heterocycles. The highest BCUT2D eigenvalue weighted by atomic mass is 19.2. The van der Waals surface area contributed by atoms with Crippen molar-refractivity contribution < 1.29 is 47.8 Å². The van der Waals surface area contributed by atoms with Crippen LogP contribution in [0, 0.1) is 23.3 Å². The van der Waals surface area contributed by atoms with Crippen LogP contribution in [0.15, 0.2) is 97.1 Å². The standard InChI is InChI=1S/C47H36F4N4O6/c48-43-42(44(49)46(51)47(45(43)50)61-22-29(60)21-56)41-36-16-14-34(54-36)39(24-5-2-8-27(58)19-24)32-12-10-30(52-32)38(23-4-1-7-26(57)18-23)31-11-13-33(53-31)40(35-15-17-37(41)55-35)25-6-3-9-28(59)20-25/h1-10,12,15,17-20,29,52,55-60H,11,13-14,16,21-22H2. The molecule has 7 N–H and O–H groups in total. The number of aromatic amines is 2. The molecule has 2 aliphatic rings. The summed E-state index contributed by atoms with van der Waals surface area (Å²) in [5, 5.41) is 50.8. The van der Waals surface area contributed by atoms with Gasteiger partial charge in [-0.15, -0.1) is 0 Å². The van der Waals surface area contributed by atoms with Crippen LogP contribution in [0.4, 0.5) is 17.6 Å². The molecule has 1 atom stereocenters. The van der Waals surface area contributed by atoms with Crippen molar-refractivity contribution >= 4 is 22.1 Å². The lowest BCUT2D eigenvalue weighted by atomic mass is 9.99. The van der Waals surface area contributed by atoms with Gasteiger partial charge in [0.15, 0.2) is 17.4 Å². The van der Waals surface area contributed by atoms with Crippen molar-refractivity contribution in [1.82, 2.24) is 19.9 Å². The molecule has 9 rings (SSSR count). The van der Waals surface area contributed by atoms with Crippen molar-refractivity contribution in [3.8, 4) is 67.5 Å². The lowest BCUT2D eigenvalue weighted by Gasteiger charge is -2.15. The number of rotatable bonds is 8. The van der Waals surface area contributed by atoms with Crippen LogP contribution in [0.2, 0.25) is 0 Å². The number of aromatic nitrogens is 4. The minimum absolute atomic E-state index is 0.0315. The van der Waals surface area contributed by atoms with Gasteiger partial charge >= 0.3 is 0 Å². The predicted octanol–water partition coefficient (Wildman–Crippen LogP) is 8.96. The Morgan fingerprint density at radius 3 is 1.23 bits per heavy atom.